The number of ether oxygens (including phenoxy) is 4. The summed E-state index contributed by atoms with van der Waals surface area (Å²) in [6.07, 6.45) is 0. The minimum Gasteiger partial charge on any atom is -0.497 e. The lowest BCUT2D eigenvalue weighted by Crippen LogP contribution is -2.15. The highest BCUT2D eigenvalue weighted by molar-refractivity contribution is 7.92. The van der Waals surface area contributed by atoms with E-state index in [0.717, 1.165) is 12.1 Å². The Kier molecular flexibility index (Phi) is 5.58. The van der Waals surface area contributed by atoms with E-state index in [1.54, 1.807) is 6.07 Å². The predicted octanol–water partition coefficient (Wildman–Crippen LogP) is 2.66. The lowest BCUT2D eigenvalue weighted by molar-refractivity contribution is 0.350. The first-order chi connectivity index (χ1) is 11.9. The van der Waals surface area contributed by atoms with Crippen molar-refractivity contribution >= 4 is 15.7 Å². The molecule has 0 heterocycles. The van der Waals surface area contributed by atoms with Gasteiger partial charge >= 0.3 is 0 Å². The Morgan fingerprint density at radius 2 is 1.44 bits per heavy atom. The summed E-state index contributed by atoms with van der Waals surface area (Å²) in [6.45, 7) is 0. The Morgan fingerprint density at radius 3 is 2.00 bits per heavy atom. The van der Waals surface area contributed by atoms with Gasteiger partial charge in [0.25, 0.3) is 10.0 Å². The minimum atomic E-state index is -4.26. The second-order valence-electron chi connectivity index (χ2n) is 4.81. The maximum Gasteiger partial charge on any atom is 0.265 e. The summed E-state index contributed by atoms with van der Waals surface area (Å²) in [6, 6.07) is 6.55. The van der Waals surface area contributed by atoms with Crippen molar-refractivity contribution in [3.63, 3.8) is 0 Å². The topological polar surface area (TPSA) is 83.1 Å². The summed E-state index contributed by atoms with van der Waals surface area (Å²) in [4.78, 5) is -0.588. The first kappa shape index (κ1) is 18.7. The molecule has 136 valence electrons. The maximum atomic E-state index is 14.3. The van der Waals surface area contributed by atoms with Crippen LogP contribution in [0.15, 0.2) is 35.2 Å². The van der Waals surface area contributed by atoms with Gasteiger partial charge in [-0.3, -0.25) is 4.72 Å². The Hall–Kier alpha value is -2.68. The molecule has 0 radical (unpaired) electrons. The number of benzene rings is 2. The molecule has 1 N–H and O–H groups in total. The third kappa shape index (κ3) is 3.87. The van der Waals surface area contributed by atoms with Crippen LogP contribution in [0.4, 0.5) is 10.1 Å². The molecule has 25 heavy (non-hydrogen) atoms. The quantitative estimate of drug-likeness (QED) is 0.806. The lowest BCUT2D eigenvalue weighted by atomic mass is 10.3. The largest absolute Gasteiger partial charge is 0.497 e. The molecule has 2 aromatic rings. The Bertz CT molecular complexity index is 869. The number of methoxy groups -OCH3 is 4. The molecule has 9 heteroatoms. The highest BCUT2D eigenvalue weighted by atomic mass is 32.2. The number of hydrogen-bond donors (Lipinski definition) is 1. The smallest absolute Gasteiger partial charge is 0.265 e. The van der Waals surface area contributed by atoms with Crippen molar-refractivity contribution in [2.75, 3.05) is 33.2 Å². The van der Waals surface area contributed by atoms with E-state index in [1.807, 2.05) is 0 Å². The number of hydrogen-bond acceptors (Lipinski definition) is 6. The van der Waals surface area contributed by atoms with Crippen LogP contribution >= 0.6 is 0 Å². The van der Waals surface area contributed by atoms with Crippen molar-refractivity contribution in [1.82, 2.24) is 0 Å². The highest BCUT2D eigenvalue weighted by Crippen LogP contribution is 2.35. The average Bonchev–Trinajstić information content (AvgIpc) is 2.60. The van der Waals surface area contributed by atoms with Gasteiger partial charge in [-0.05, 0) is 12.1 Å². The second kappa shape index (κ2) is 7.47. The van der Waals surface area contributed by atoms with Gasteiger partial charge in [0, 0.05) is 18.2 Å². The van der Waals surface area contributed by atoms with Gasteiger partial charge < -0.3 is 18.9 Å². The van der Waals surface area contributed by atoms with Crippen LogP contribution in [-0.4, -0.2) is 36.9 Å². The number of anilines is 1. The highest BCUT2D eigenvalue weighted by Gasteiger charge is 2.24. The van der Waals surface area contributed by atoms with Gasteiger partial charge in [-0.2, -0.15) is 0 Å². The fourth-order valence-electron chi connectivity index (χ4n) is 2.14. The van der Waals surface area contributed by atoms with Gasteiger partial charge in [0.15, 0.2) is 11.5 Å². The summed E-state index contributed by atoms with van der Waals surface area (Å²) in [7, 11) is 1.22. The van der Waals surface area contributed by atoms with E-state index < -0.39 is 20.7 Å². The molecule has 0 aliphatic rings. The van der Waals surface area contributed by atoms with Crippen LogP contribution in [0.3, 0.4) is 0 Å². The fourth-order valence-corrected chi connectivity index (χ4v) is 3.27. The Morgan fingerprint density at radius 1 is 0.840 bits per heavy atom. The molecule has 2 aromatic carbocycles. The standard InChI is InChI=1S/C16H18FNO6S/c1-21-10-5-6-13(22-2)12(7-10)18-25(19,20)16-9-15(24-4)14(23-3)8-11(16)17/h5-9,18H,1-4H3. The molecule has 0 fully saturated rings. The van der Waals surface area contributed by atoms with Crippen molar-refractivity contribution in [1.29, 1.82) is 0 Å². The van der Waals surface area contributed by atoms with E-state index >= 15 is 0 Å². The van der Waals surface area contributed by atoms with Gasteiger partial charge in [-0.15, -0.1) is 0 Å². The maximum absolute atomic E-state index is 14.3. The monoisotopic (exact) mass is 371 g/mol. The SMILES string of the molecule is COc1ccc(OC)c(NS(=O)(=O)c2cc(OC)c(OC)cc2F)c1. The molecule has 0 aliphatic carbocycles. The summed E-state index contributed by atoms with van der Waals surface area (Å²) in [5.74, 6) is -0.150. The van der Waals surface area contributed by atoms with Crippen LogP contribution < -0.4 is 23.7 Å². The van der Waals surface area contributed by atoms with Crippen molar-refractivity contribution in [3.8, 4) is 23.0 Å². The van der Waals surface area contributed by atoms with E-state index in [4.69, 9.17) is 18.9 Å². The van der Waals surface area contributed by atoms with Crippen LogP contribution in [0, 0.1) is 5.82 Å². The Balaban J connectivity index is 2.50. The molecule has 2 rings (SSSR count). The molecule has 7 nitrogen and oxygen atoms in total. The predicted molar refractivity (Wildman–Crippen MR) is 89.9 cm³/mol. The molecule has 0 saturated carbocycles. The summed E-state index contributed by atoms with van der Waals surface area (Å²) in [5, 5.41) is 0. The van der Waals surface area contributed by atoms with Gasteiger partial charge in [-0.25, -0.2) is 12.8 Å². The number of sulfonamides is 1. The van der Waals surface area contributed by atoms with Crippen molar-refractivity contribution in [2.24, 2.45) is 0 Å². The van der Waals surface area contributed by atoms with Crippen molar-refractivity contribution in [3.05, 3.63) is 36.1 Å². The number of rotatable bonds is 7. The summed E-state index contributed by atoms with van der Waals surface area (Å²) in [5.41, 5.74) is 0.107. The van der Waals surface area contributed by atoms with Crippen LogP contribution in [-0.2, 0) is 10.0 Å². The molecule has 0 aliphatic heterocycles. The number of nitrogens with one attached hydrogen (secondary N) is 1. The van der Waals surface area contributed by atoms with Crippen molar-refractivity contribution in [2.45, 2.75) is 4.90 Å². The lowest BCUT2D eigenvalue weighted by Gasteiger charge is -2.15. The van der Waals surface area contributed by atoms with E-state index in [1.165, 1.54) is 40.6 Å². The van der Waals surface area contributed by atoms with E-state index in [9.17, 15) is 12.8 Å². The van der Waals surface area contributed by atoms with Crippen LogP contribution in [0.5, 0.6) is 23.0 Å². The molecule has 0 atom stereocenters. The second-order valence-corrected chi connectivity index (χ2v) is 6.46. The third-order valence-corrected chi connectivity index (χ3v) is 4.76. The van der Waals surface area contributed by atoms with Gasteiger partial charge in [-0.1, -0.05) is 0 Å². The zero-order valence-electron chi connectivity index (χ0n) is 14.1. The van der Waals surface area contributed by atoms with Gasteiger partial charge in [0.05, 0.1) is 34.1 Å². The van der Waals surface area contributed by atoms with Crippen LogP contribution in [0.1, 0.15) is 0 Å². The molecule has 0 spiro atoms. The molecular formula is C16H18FNO6S. The van der Waals surface area contributed by atoms with E-state index in [-0.39, 0.29) is 22.9 Å². The fraction of sp³-hybridized carbons (Fsp3) is 0.250. The van der Waals surface area contributed by atoms with Crippen LogP contribution in [0.25, 0.3) is 0 Å². The normalized spacial score (nSPS) is 10.9. The number of halogens is 1. The molecular weight excluding hydrogens is 353 g/mol. The third-order valence-electron chi connectivity index (χ3n) is 3.38. The van der Waals surface area contributed by atoms with Gasteiger partial charge in [0.1, 0.15) is 22.2 Å². The van der Waals surface area contributed by atoms with E-state index in [0.29, 0.717) is 5.75 Å². The molecule has 0 bridgehead atoms. The Labute approximate surface area is 145 Å². The molecule has 0 aromatic heterocycles. The van der Waals surface area contributed by atoms with Crippen LogP contribution in [0.2, 0.25) is 0 Å². The first-order valence-electron chi connectivity index (χ1n) is 7.02. The van der Waals surface area contributed by atoms with Crippen molar-refractivity contribution < 1.29 is 31.8 Å². The molecule has 0 saturated heterocycles. The van der Waals surface area contributed by atoms with Gasteiger partial charge in [0.2, 0.25) is 0 Å². The zero-order valence-corrected chi connectivity index (χ0v) is 14.9. The molecule has 0 unspecified atom stereocenters. The minimum absolute atomic E-state index is 0.0814. The first-order valence-corrected chi connectivity index (χ1v) is 8.51. The average molecular weight is 371 g/mol. The summed E-state index contributed by atoms with van der Waals surface area (Å²) < 4.78 is 62.0. The zero-order chi connectivity index (χ0) is 18.6. The van der Waals surface area contributed by atoms with E-state index in [2.05, 4.69) is 4.72 Å². The molecule has 0 amide bonds. The summed E-state index contributed by atoms with van der Waals surface area (Å²) >= 11 is 0.